The number of ether oxygens (including phenoxy) is 3. The van der Waals surface area contributed by atoms with Crippen molar-refractivity contribution < 1.29 is 33.4 Å². The smallest absolute Gasteiger partial charge is 0.360 e. The fourth-order valence-electron chi connectivity index (χ4n) is 3.45. The van der Waals surface area contributed by atoms with Crippen molar-refractivity contribution in [2.45, 2.75) is 46.8 Å². The zero-order valence-electron chi connectivity index (χ0n) is 21.8. The van der Waals surface area contributed by atoms with E-state index in [2.05, 4.69) is 16.9 Å². The number of carbonyl (C=O) groups excluding carboxylic acids is 4. The number of aromatic nitrogens is 1. The van der Waals surface area contributed by atoms with Gasteiger partial charge < -0.3 is 19.5 Å². The van der Waals surface area contributed by atoms with E-state index in [1.165, 1.54) is 26.2 Å². The number of nitrogens with one attached hydrogen (secondary N) is 1. The van der Waals surface area contributed by atoms with Gasteiger partial charge in [-0.3, -0.25) is 14.4 Å². The topological polar surface area (TPSA) is 121 Å². The van der Waals surface area contributed by atoms with Crippen molar-refractivity contribution in [3.05, 3.63) is 53.4 Å². The molecule has 3 rings (SSSR count). The van der Waals surface area contributed by atoms with Crippen LogP contribution >= 0.6 is 0 Å². The summed E-state index contributed by atoms with van der Waals surface area (Å²) in [5.41, 5.74) is 0.433. The molecule has 1 N–H and O–H groups in total. The van der Waals surface area contributed by atoms with E-state index in [9.17, 15) is 19.2 Å². The van der Waals surface area contributed by atoms with Crippen LogP contribution in [0.3, 0.4) is 0 Å². The van der Waals surface area contributed by atoms with Gasteiger partial charge in [0.05, 0.1) is 12.5 Å². The van der Waals surface area contributed by atoms with Crippen LogP contribution in [0.2, 0.25) is 0 Å². The summed E-state index contributed by atoms with van der Waals surface area (Å²) < 4.78 is 16.0. The van der Waals surface area contributed by atoms with Crippen LogP contribution in [-0.2, 0) is 14.3 Å². The number of hydrogen-bond acceptors (Lipinski definition) is 8. The molecule has 196 valence electrons. The molecule has 0 spiro atoms. The first-order chi connectivity index (χ1) is 17.5. The molecular weight excluding hydrogens is 476 g/mol. The molecule has 9 nitrogen and oxygen atoms in total. The maximum absolute atomic E-state index is 13.3. The molecule has 37 heavy (non-hydrogen) atoms. The van der Waals surface area contributed by atoms with Crippen LogP contribution < -0.4 is 10.1 Å². The molecule has 1 saturated carbocycles. The molecule has 2 aromatic rings. The first kappa shape index (κ1) is 27.6. The second kappa shape index (κ2) is 11.4. The molecule has 0 aliphatic heterocycles. The Morgan fingerprint density at radius 2 is 1.84 bits per heavy atom. The van der Waals surface area contributed by atoms with Crippen LogP contribution in [0, 0.1) is 11.3 Å². The fraction of sp³-hybridized carbons (Fsp3) is 0.393. The van der Waals surface area contributed by atoms with Crippen molar-refractivity contribution in [3.63, 3.8) is 0 Å². The summed E-state index contributed by atoms with van der Waals surface area (Å²) in [7, 11) is 1.47. The summed E-state index contributed by atoms with van der Waals surface area (Å²) in [6.07, 6.45) is 3.09. The lowest BCUT2D eigenvalue weighted by molar-refractivity contribution is -0.174. The summed E-state index contributed by atoms with van der Waals surface area (Å²) in [6.45, 7) is 10.7. The zero-order chi connectivity index (χ0) is 27.3. The third-order valence-corrected chi connectivity index (χ3v) is 5.77. The van der Waals surface area contributed by atoms with Crippen LogP contribution in [0.5, 0.6) is 5.75 Å². The van der Waals surface area contributed by atoms with E-state index in [0.717, 1.165) is 12.8 Å². The number of esters is 2. The highest BCUT2D eigenvalue weighted by Crippen LogP contribution is 2.33. The van der Waals surface area contributed by atoms with Gasteiger partial charge >= 0.3 is 11.9 Å². The minimum Gasteiger partial charge on any atom is -0.496 e. The highest BCUT2D eigenvalue weighted by atomic mass is 16.7. The van der Waals surface area contributed by atoms with Gasteiger partial charge in [-0.2, -0.15) is 0 Å². The third kappa shape index (κ3) is 6.81. The Morgan fingerprint density at radius 3 is 2.41 bits per heavy atom. The molecule has 0 saturated heterocycles. The molecule has 1 aliphatic rings. The molecule has 1 unspecified atom stereocenters. The molecule has 1 fully saturated rings. The van der Waals surface area contributed by atoms with Gasteiger partial charge in [-0.15, -0.1) is 0 Å². The number of pyridine rings is 1. The van der Waals surface area contributed by atoms with Crippen LogP contribution in [0.1, 0.15) is 77.4 Å². The Bertz CT molecular complexity index is 1230. The number of methoxy groups -OCH3 is 1. The van der Waals surface area contributed by atoms with Gasteiger partial charge in [0, 0.05) is 30.2 Å². The van der Waals surface area contributed by atoms with Gasteiger partial charge in [0.1, 0.15) is 11.4 Å². The van der Waals surface area contributed by atoms with Crippen molar-refractivity contribution in [1.82, 2.24) is 10.3 Å². The van der Waals surface area contributed by atoms with Crippen LogP contribution in [0.25, 0.3) is 17.2 Å². The van der Waals surface area contributed by atoms with Gasteiger partial charge in [0.15, 0.2) is 12.0 Å². The standard InChI is InChI=1S/C28H32N2O7/c1-7-18-12-19(15-31)21(13-23(18)35-6)20-10-11-22(25(32)29-14-17-8-9-17)30-24(20)26(33)36-16(2)37-27(34)28(3,4)5/h7,10-13,15-17H,1,8-9,14H2,2-6H3,(H,29,32). The average Bonchev–Trinajstić information content (AvgIpc) is 3.69. The largest absolute Gasteiger partial charge is 0.496 e. The first-order valence-corrected chi connectivity index (χ1v) is 12.0. The lowest BCUT2D eigenvalue weighted by atomic mass is 9.95. The van der Waals surface area contributed by atoms with Crippen LogP contribution in [-0.4, -0.2) is 49.1 Å². The Balaban J connectivity index is 2.03. The molecule has 0 bridgehead atoms. The quantitative estimate of drug-likeness (QED) is 0.284. The van der Waals surface area contributed by atoms with Crippen molar-refractivity contribution in [2.75, 3.05) is 13.7 Å². The molecule has 1 heterocycles. The maximum Gasteiger partial charge on any atom is 0.360 e. The normalized spacial score (nSPS) is 13.8. The Morgan fingerprint density at radius 1 is 1.14 bits per heavy atom. The summed E-state index contributed by atoms with van der Waals surface area (Å²) in [6, 6.07) is 6.16. The fourth-order valence-corrected chi connectivity index (χ4v) is 3.45. The number of rotatable bonds is 10. The van der Waals surface area contributed by atoms with Crippen molar-refractivity contribution >= 4 is 30.2 Å². The number of aldehydes is 1. The number of amides is 1. The number of carbonyl (C=O) groups is 4. The molecule has 1 aliphatic carbocycles. The number of benzene rings is 1. The minimum atomic E-state index is -1.22. The predicted octanol–water partition coefficient (Wildman–Crippen LogP) is 4.44. The Kier molecular flexibility index (Phi) is 8.47. The van der Waals surface area contributed by atoms with E-state index in [0.29, 0.717) is 35.6 Å². The molecule has 1 aromatic heterocycles. The molecule has 1 amide bonds. The number of nitrogens with zero attached hydrogens (tertiary/aromatic N) is 1. The average molecular weight is 509 g/mol. The van der Waals surface area contributed by atoms with Crippen molar-refractivity contribution in [1.29, 1.82) is 0 Å². The SMILES string of the molecule is C=Cc1cc(C=O)c(-c2ccc(C(=O)NCC3CC3)nc2C(=O)OC(C)OC(=O)C(C)(C)C)cc1OC. The first-order valence-electron chi connectivity index (χ1n) is 12.0. The molecule has 0 radical (unpaired) electrons. The highest BCUT2D eigenvalue weighted by molar-refractivity contribution is 6.01. The lowest BCUT2D eigenvalue weighted by Gasteiger charge is -2.21. The maximum atomic E-state index is 13.3. The summed E-state index contributed by atoms with van der Waals surface area (Å²) in [4.78, 5) is 54.4. The van der Waals surface area contributed by atoms with Gasteiger partial charge in [0.25, 0.3) is 5.91 Å². The summed E-state index contributed by atoms with van der Waals surface area (Å²) in [5.74, 6) is -1.03. The van der Waals surface area contributed by atoms with E-state index in [-0.39, 0.29) is 22.5 Å². The van der Waals surface area contributed by atoms with Gasteiger partial charge in [-0.1, -0.05) is 12.7 Å². The van der Waals surface area contributed by atoms with E-state index < -0.39 is 29.6 Å². The summed E-state index contributed by atoms with van der Waals surface area (Å²) >= 11 is 0. The van der Waals surface area contributed by atoms with Gasteiger partial charge in [0.2, 0.25) is 6.29 Å². The summed E-state index contributed by atoms with van der Waals surface area (Å²) in [5, 5.41) is 2.82. The van der Waals surface area contributed by atoms with E-state index >= 15 is 0 Å². The van der Waals surface area contributed by atoms with Crippen molar-refractivity contribution in [2.24, 2.45) is 11.3 Å². The lowest BCUT2D eigenvalue weighted by Crippen LogP contribution is -2.30. The molecule has 9 heteroatoms. The van der Waals surface area contributed by atoms with Crippen LogP contribution in [0.4, 0.5) is 0 Å². The van der Waals surface area contributed by atoms with E-state index in [1.807, 2.05) is 0 Å². The Hall–Kier alpha value is -4.01. The zero-order valence-corrected chi connectivity index (χ0v) is 21.8. The third-order valence-electron chi connectivity index (χ3n) is 5.77. The van der Waals surface area contributed by atoms with Gasteiger partial charge in [-0.25, -0.2) is 9.78 Å². The number of hydrogen-bond donors (Lipinski definition) is 1. The molecule has 1 aromatic carbocycles. The van der Waals surface area contributed by atoms with E-state index in [1.54, 1.807) is 39.0 Å². The second-order valence-corrected chi connectivity index (χ2v) is 9.88. The van der Waals surface area contributed by atoms with Crippen molar-refractivity contribution in [3.8, 4) is 16.9 Å². The highest BCUT2D eigenvalue weighted by Gasteiger charge is 2.29. The predicted molar refractivity (Wildman–Crippen MR) is 137 cm³/mol. The molecule has 1 atom stereocenters. The van der Waals surface area contributed by atoms with Gasteiger partial charge in [-0.05, 0) is 69.4 Å². The minimum absolute atomic E-state index is 0.0121. The van der Waals surface area contributed by atoms with E-state index in [4.69, 9.17) is 14.2 Å². The second-order valence-electron chi connectivity index (χ2n) is 9.88. The Labute approximate surface area is 216 Å². The molecular formula is C28H32N2O7. The van der Waals surface area contributed by atoms with Crippen LogP contribution in [0.15, 0.2) is 30.8 Å². The monoisotopic (exact) mass is 508 g/mol.